The molecule has 130 valence electrons. The van der Waals surface area contributed by atoms with Gasteiger partial charge in [-0.3, -0.25) is 24.1 Å². The minimum atomic E-state index is -0.624. The van der Waals surface area contributed by atoms with Crippen molar-refractivity contribution in [2.24, 2.45) is 5.10 Å². The summed E-state index contributed by atoms with van der Waals surface area (Å²) in [6.45, 7) is 0. The third-order valence-corrected chi connectivity index (χ3v) is 3.72. The van der Waals surface area contributed by atoms with Gasteiger partial charge in [-0.15, -0.1) is 0 Å². The average molecular weight is 367 g/mol. The number of hydrogen-bond donors (Lipinski definition) is 3. The van der Waals surface area contributed by atoms with E-state index >= 15 is 0 Å². The van der Waals surface area contributed by atoms with Gasteiger partial charge in [0.1, 0.15) is 5.56 Å². The zero-order chi connectivity index (χ0) is 18.5. The van der Waals surface area contributed by atoms with Crippen molar-refractivity contribution in [3.63, 3.8) is 0 Å². The molecule has 9 heteroatoms. The predicted molar refractivity (Wildman–Crippen MR) is 98.2 cm³/mol. The number of aromatic amines is 1. The summed E-state index contributed by atoms with van der Waals surface area (Å²) in [6.07, 6.45) is 4.00. The van der Waals surface area contributed by atoms with Gasteiger partial charge in [-0.25, -0.2) is 5.43 Å². The van der Waals surface area contributed by atoms with Gasteiger partial charge < -0.3 is 5.11 Å². The lowest BCUT2D eigenvalue weighted by Crippen LogP contribution is -2.21. The van der Waals surface area contributed by atoms with E-state index in [1.807, 2.05) is 6.07 Å². The molecule has 1 amide bonds. The minimum Gasteiger partial charge on any atom is -0.494 e. The fraction of sp³-hybridized carbons (Fsp3) is 0. The summed E-state index contributed by atoms with van der Waals surface area (Å²) in [7, 11) is 0. The molecule has 0 saturated carbocycles. The van der Waals surface area contributed by atoms with Gasteiger partial charge in [0, 0.05) is 18.0 Å². The molecule has 0 aliphatic carbocycles. The van der Waals surface area contributed by atoms with Crippen LogP contribution in [0.3, 0.4) is 0 Å². The first-order valence-electron chi connectivity index (χ1n) is 7.45. The highest BCUT2D eigenvalue weighted by molar-refractivity contribution is 7.71. The lowest BCUT2D eigenvalue weighted by molar-refractivity contribution is 0.0955. The molecule has 2 heterocycles. The zero-order valence-electron chi connectivity index (χ0n) is 13.3. The Morgan fingerprint density at radius 1 is 1.23 bits per heavy atom. The lowest BCUT2D eigenvalue weighted by Gasteiger charge is -2.10. The van der Waals surface area contributed by atoms with E-state index in [1.165, 1.54) is 29.1 Å². The van der Waals surface area contributed by atoms with Crippen LogP contribution in [0.2, 0.25) is 0 Å². The van der Waals surface area contributed by atoms with E-state index < -0.39 is 11.5 Å². The monoisotopic (exact) mass is 367 g/mol. The maximum absolute atomic E-state index is 12.1. The molecule has 3 rings (SSSR count). The number of carbonyl (C=O) groups is 1. The second kappa shape index (κ2) is 7.53. The maximum Gasteiger partial charge on any atom is 0.271 e. The molecule has 2 aromatic heterocycles. The Kier molecular flexibility index (Phi) is 4.99. The highest BCUT2D eigenvalue weighted by Crippen LogP contribution is 2.18. The van der Waals surface area contributed by atoms with Crippen molar-refractivity contribution in [3.05, 3.63) is 81.1 Å². The van der Waals surface area contributed by atoms with E-state index in [9.17, 15) is 14.7 Å². The Balaban J connectivity index is 1.92. The summed E-state index contributed by atoms with van der Waals surface area (Å²) < 4.78 is 1.33. The number of carbonyl (C=O) groups excluding carboxylic acids is 1. The fourth-order valence-electron chi connectivity index (χ4n) is 2.19. The molecule has 0 saturated heterocycles. The number of aromatic nitrogens is 3. The molecular formula is C17H13N5O3S. The molecule has 0 aliphatic rings. The van der Waals surface area contributed by atoms with Crippen LogP contribution >= 0.6 is 12.2 Å². The Labute approximate surface area is 152 Å². The third-order valence-electron chi connectivity index (χ3n) is 3.44. The number of nitrogens with zero attached hydrogens (tertiary/aromatic N) is 3. The molecular weight excluding hydrogens is 354 g/mol. The number of pyridine rings is 1. The summed E-state index contributed by atoms with van der Waals surface area (Å²) in [4.78, 5) is 30.3. The van der Waals surface area contributed by atoms with Crippen LogP contribution in [0.4, 0.5) is 0 Å². The molecule has 0 spiro atoms. The number of hydrazone groups is 1. The van der Waals surface area contributed by atoms with Gasteiger partial charge in [0.15, 0.2) is 4.77 Å². The number of rotatable bonds is 4. The van der Waals surface area contributed by atoms with Crippen molar-refractivity contribution in [2.45, 2.75) is 0 Å². The standard InChI is InChI=1S/C17H13N5O3S/c23-14(11-6-8-18-9-7-11)21-19-10-13-15(24)20-17(26)22(16(13)25)12-4-2-1-3-5-12/h1-10,25H,(H,21,23)(H,20,24,26). The van der Waals surface area contributed by atoms with Crippen molar-refractivity contribution >= 4 is 24.3 Å². The molecule has 0 radical (unpaired) electrons. The van der Waals surface area contributed by atoms with Gasteiger partial charge in [-0.1, -0.05) is 18.2 Å². The van der Waals surface area contributed by atoms with Crippen LogP contribution in [0.5, 0.6) is 5.88 Å². The van der Waals surface area contributed by atoms with Crippen molar-refractivity contribution in [2.75, 3.05) is 0 Å². The number of benzene rings is 1. The number of hydrogen-bond acceptors (Lipinski definition) is 6. The minimum absolute atomic E-state index is 0.0386. The zero-order valence-corrected chi connectivity index (χ0v) is 14.1. The topological polar surface area (TPSA) is 112 Å². The summed E-state index contributed by atoms with van der Waals surface area (Å²) in [5.41, 5.74) is 2.44. The molecule has 0 fully saturated rings. The Hall–Kier alpha value is -3.59. The first-order chi connectivity index (χ1) is 12.6. The molecule has 8 nitrogen and oxygen atoms in total. The van der Waals surface area contributed by atoms with Crippen LogP contribution in [-0.2, 0) is 0 Å². The third kappa shape index (κ3) is 3.57. The van der Waals surface area contributed by atoms with Crippen LogP contribution in [-0.4, -0.2) is 31.8 Å². The van der Waals surface area contributed by atoms with Gasteiger partial charge in [-0.05, 0) is 36.5 Å². The summed E-state index contributed by atoms with van der Waals surface area (Å²) in [6, 6.07) is 11.8. The second-order valence-corrected chi connectivity index (χ2v) is 5.49. The lowest BCUT2D eigenvalue weighted by atomic mass is 10.2. The summed E-state index contributed by atoms with van der Waals surface area (Å²) >= 11 is 5.11. The van der Waals surface area contributed by atoms with E-state index in [4.69, 9.17) is 12.2 Å². The Morgan fingerprint density at radius 3 is 2.62 bits per heavy atom. The van der Waals surface area contributed by atoms with E-state index in [-0.39, 0.29) is 16.2 Å². The largest absolute Gasteiger partial charge is 0.494 e. The molecule has 3 aromatic rings. The molecule has 0 unspecified atom stereocenters. The highest BCUT2D eigenvalue weighted by atomic mass is 32.1. The highest BCUT2D eigenvalue weighted by Gasteiger charge is 2.12. The van der Waals surface area contributed by atoms with E-state index in [2.05, 4.69) is 20.5 Å². The Morgan fingerprint density at radius 2 is 1.92 bits per heavy atom. The number of H-pyrrole nitrogens is 1. The molecule has 0 bridgehead atoms. The van der Waals surface area contributed by atoms with Gasteiger partial charge in [-0.2, -0.15) is 5.10 Å². The van der Waals surface area contributed by atoms with Crippen LogP contribution in [0.1, 0.15) is 15.9 Å². The van der Waals surface area contributed by atoms with Crippen LogP contribution in [0.15, 0.2) is 64.8 Å². The summed E-state index contributed by atoms with van der Waals surface area (Å²) in [5, 5.41) is 14.2. The first kappa shape index (κ1) is 17.2. The molecule has 3 N–H and O–H groups in total. The average Bonchev–Trinajstić information content (AvgIpc) is 2.65. The van der Waals surface area contributed by atoms with Gasteiger partial charge in [0.2, 0.25) is 5.88 Å². The fourth-order valence-corrected chi connectivity index (χ4v) is 2.48. The number of amides is 1. The molecule has 0 aliphatic heterocycles. The quantitative estimate of drug-likeness (QED) is 0.369. The summed E-state index contributed by atoms with van der Waals surface area (Å²) in [5.74, 6) is -0.859. The maximum atomic E-state index is 12.1. The van der Waals surface area contributed by atoms with E-state index in [0.29, 0.717) is 11.3 Å². The predicted octanol–water partition coefficient (Wildman–Crippen LogP) is 1.76. The van der Waals surface area contributed by atoms with E-state index in [1.54, 1.807) is 24.3 Å². The van der Waals surface area contributed by atoms with Gasteiger partial charge in [0.05, 0.1) is 11.9 Å². The van der Waals surface area contributed by atoms with E-state index in [0.717, 1.165) is 6.21 Å². The van der Waals surface area contributed by atoms with Gasteiger partial charge in [0.25, 0.3) is 11.5 Å². The number of aromatic hydroxyl groups is 1. The van der Waals surface area contributed by atoms with Crippen molar-refractivity contribution < 1.29 is 9.90 Å². The molecule has 0 atom stereocenters. The Bertz CT molecular complexity index is 1080. The van der Waals surface area contributed by atoms with Crippen molar-refractivity contribution in [1.29, 1.82) is 0 Å². The first-order valence-corrected chi connectivity index (χ1v) is 7.86. The second-order valence-electron chi connectivity index (χ2n) is 5.10. The van der Waals surface area contributed by atoms with Crippen molar-refractivity contribution in [1.82, 2.24) is 20.0 Å². The smallest absolute Gasteiger partial charge is 0.271 e. The number of para-hydroxylation sites is 1. The van der Waals surface area contributed by atoms with Gasteiger partial charge >= 0.3 is 0 Å². The molecule has 1 aromatic carbocycles. The van der Waals surface area contributed by atoms with Crippen LogP contribution in [0.25, 0.3) is 5.69 Å². The van der Waals surface area contributed by atoms with Crippen LogP contribution < -0.4 is 11.0 Å². The van der Waals surface area contributed by atoms with Crippen LogP contribution in [0, 0.1) is 4.77 Å². The SMILES string of the molecule is O=C(NN=Cc1c(O)n(-c2ccccc2)c(=S)[nH]c1=O)c1ccncc1. The van der Waals surface area contributed by atoms with Crippen molar-refractivity contribution in [3.8, 4) is 11.6 Å². The normalized spacial score (nSPS) is 10.8. The molecule has 26 heavy (non-hydrogen) atoms. The number of nitrogens with one attached hydrogen (secondary N) is 2.